The molecule has 0 radical (unpaired) electrons. The molecule has 5 aromatic carbocycles. The predicted octanol–water partition coefficient (Wildman–Crippen LogP) is 8.09. The molecule has 0 saturated carbocycles. The third kappa shape index (κ3) is 6.37. The van der Waals surface area contributed by atoms with Gasteiger partial charge in [0, 0.05) is 11.1 Å². The zero-order chi connectivity index (χ0) is 36.5. The summed E-state index contributed by atoms with van der Waals surface area (Å²) in [4.78, 5) is 40.4. The van der Waals surface area contributed by atoms with Gasteiger partial charge >= 0.3 is 0 Å². The molecule has 2 aliphatic heterocycles. The van der Waals surface area contributed by atoms with Crippen molar-refractivity contribution in [2.45, 2.75) is 0 Å². The number of methoxy groups -OCH3 is 2. The number of phenolic OH excluding ortho intramolecular Hbond substituents is 2. The zero-order valence-corrected chi connectivity index (χ0v) is 29.1. The number of nitrogens with zero attached hydrogens (tertiary/aromatic N) is 4. The second kappa shape index (κ2) is 14.1. The van der Waals surface area contributed by atoms with Crippen molar-refractivity contribution < 1.29 is 29.3 Å². The van der Waals surface area contributed by atoms with E-state index in [1.54, 1.807) is 48.6 Å². The second-order valence-corrected chi connectivity index (χ2v) is 12.4. The van der Waals surface area contributed by atoms with Crippen molar-refractivity contribution in [1.82, 2.24) is 0 Å². The van der Waals surface area contributed by atoms with E-state index in [1.807, 2.05) is 60.7 Å². The first-order valence-electron chi connectivity index (χ1n) is 15.8. The van der Waals surface area contributed by atoms with Crippen LogP contribution in [-0.2, 0) is 9.59 Å². The summed E-state index contributed by atoms with van der Waals surface area (Å²) in [5, 5.41) is 20.3. The van der Waals surface area contributed by atoms with Crippen LogP contribution in [0.25, 0.3) is 12.2 Å². The lowest BCUT2D eigenvalue weighted by atomic mass is 10.1. The molecule has 0 saturated heterocycles. The molecule has 52 heavy (non-hydrogen) atoms. The highest BCUT2D eigenvalue weighted by atomic mass is 35.5. The quantitative estimate of drug-likeness (QED) is 0.156. The Labute approximate surface area is 308 Å². The number of carbonyl (C=O) groups is 2. The molecule has 0 aromatic heterocycles. The highest BCUT2D eigenvalue weighted by Crippen LogP contribution is 2.43. The number of benzene rings is 5. The Morgan fingerprint density at radius 1 is 0.596 bits per heavy atom. The van der Waals surface area contributed by atoms with Crippen LogP contribution in [0.4, 0.5) is 11.4 Å². The SMILES string of the molecule is COc1cc(C=C2N=C(c3ccccc3)N(c3cc(Cl)c(N4C(=O)C(=Cc5ccc(O)c(OC)c5)N=C4c4ccccc4)c(Cl)c3)C2=O)ccc1O. The minimum atomic E-state index is -0.499. The molecule has 2 amide bonds. The molecule has 0 aliphatic carbocycles. The van der Waals surface area contributed by atoms with Crippen molar-refractivity contribution in [3.8, 4) is 23.0 Å². The summed E-state index contributed by atoms with van der Waals surface area (Å²) in [6, 6.07) is 30.8. The summed E-state index contributed by atoms with van der Waals surface area (Å²) < 4.78 is 10.5. The maximum atomic E-state index is 14.2. The number of aromatic hydroxyl groups is 2. The van der Waals surface area contributed by atoms with Crippen LogP contribution >= 0.6 is 23.2 Å². The molecule has 0 bridgehead atoms. The van der Waals surface area contributed by atoms with E-state index < -0.39 is 11.8 Å². The largest absolute Gasteiger partial charge is 0.504 e. The maximum Gasteiger partial charge on any atom is 0.282 e. The third-order valence-corrected chi connectivity index (χ3v) is 8.86. The molecule has 2 N–H and O–H groups in total. The van der Waals surface area contributed by atoms with Crippen molar-refractivity contribution in [3.05, 3.63) is 153 Å². The van der Waals surface area contributed by atoms with Crippen molar-refractivity contribution in [2.24, 2.45) is 9.98 Å². The van der Waals surface area contributed by atoms with Gasteiger partial charge in [0.2, 0.25) is 0 Å². The number of ether oxygens (including phenoxy) is 2. The number of phenols is 2. The monoisotopic (exact) mass is 730 g/mol. The Balaban J connectivity index is 1.31. The Morgan fingerprint density at radius 2 is 1.02 bits per heavy atom. The number of anilines is 2. The van der Waals surface area contributed by atoms with Gasteiger partial charge in [0.1, 0.15) is 23.1 Å². The van der Waals surface area contributed by atoms with E-state index in [0.717, 1.165) is 0 Å². The highest BCUT2D eigenvalue weighted by Gasteiger charge is 2.37. The first-order chi connectivity index (χ1) is 25.2. The number of hydrogen-bond acceptors (Lipinski definition) is 8. The molecule has 0 atom stereocenters. The van der Waals surface area contributed by atoms with Gasteiger partial charge < -0.3 is 19.7 Å². The van der Waals surface area contributed by atoms with E-state index in [9.17, 15) is 19.8 Å². The average molecular weight is 732 g/mol. The normalized spacial score (nSPS) is 15.8. The van der Waals surface area contributed by atoms with E-state index in [2.05, 4.69) is 0 Å². The fourth-order valence-corrected chi connectivity index (χ4v) is 6.47. The molecule has 5 aromatic rings. The number of hydrogen-bond donors (Lipinski definition) is 2. The van der Waals surface area contributed by atoms with Gasteiger partial charge in [0.15, 0.2) is 23.0 Å². The number of amidine groups is 2. The number of aliphatic imine (C=N–C) groups is 2. The van der Waals surface area contributed by atoms with Crippen LogP contribution in [0.3, 0.4) is 0 Å². The molecule has 258 valence electrons. The lowest BCUT2D eigenvalue weighted by Gasteiger charge is -2.24. The van der Waals surface area contributed by atoms with Crippen LogP contribution in [0.15, 0.2) is 131 Å². The van der Waals surface area contributed by atoms with Gasteiger partial charge in [-0.15, -0.1) is 0 Å². The standard InChI is InChI=1S/C40H28Cl2N4O6/c1-51-34-19-23(13-15-32(34)47)17-30-39(49)45(37(43-30)25-9-5-3-6-10-25)27-21-28(41)36(29(42)22-27)46-38(26-11-7-4-8-12-26)44-31(40(46)50)18-24-14-16-33(48)35(20-24)52-2/h3-22,47-48H,1-2H3. The van der Waals surface area contributed by atoms with Gasteiger partial charge in [0.25, 0.3) is 11.8 Å². The van der Waals surface area contributed by atoms with Crippen LogP contribution in [0.2, 0.25) is 10.0 Å². The molecule has 0 spiro atoms. The third-order valence-electron chi connectivity index (χ3n) is 8.28. The minimum Gasteiger partial charge on any atom is -0.504 e. The highest BCUT2D eigenvalue weighted by molar-refractivity contribution is 6.45. The number of carbonyl (C=O) groups excluding carboxylic acids is 2. The lowest BCUT2D eigenvalue weighted by Crippen LogP contribution is -2.34. The molecule has 10 nitrogen and oxygen atoms in total. The van der Waals surface area contributed by atoms with Crippen LogP contribution in [0, 0.1) is 0 Å². The molecular formula is C40H28Cl2N4O6. The van der Waals surface area contributed by atoms with Crippen LogP contribution in [-0.4, -0.2) is 47.9 Å². The summed E-state index contributed by atoms with van der Waals surface area (Å²) in [5.74, 6) is 0.0662. The summed E-state index contributed by atoms with van der Waals surface area (Å²) in [6.45, 7) is 0. The van der Waals surface area contributed by atoms with E-state index in [0.29, 0.717) is 33.8 Å². The smallest absolute Gasteiger partial charge is 0.282 e. The fourth-order valence-electron chi connectivity index (χ4n) is 5.82. The molecule has 2 heterocycles. The van der Waals surface area contributed by atoms with Gasteiger partial charge in [-0.3, -0.25) is 19.4 Å². The Hall–Kier alpha value is -6.36. The predicted molar refractivity (Wildman–Crippen MR) is 203 cm³/mol. The fraction of sp³-hybridized carbons (Fsp3) is 0.0500. The zero-order valence-electron chi connectivity index (χ0n) is 27.6. The van der Waals surface area contributed by atoms with Gasteiger partial charge in [0.05, 0.1) is 35.6 Å². The van der Waals surface area contributed by atoms with Crippen LogP contribution in [0.5, 0.6) is 23.0 Å². The van der Waals surface area contributed by atoms with Crippen molar-refractivity contribution >= 4 is 70.2 Å². The second-order valence-electron chi connectivity index (χ2n) is 11.6. The van der Waals surface area contributed by atoms with Crippen molar-refractivity contribution in [1.29, 1.82) is 0 Å². The van der Waals surface area contributed by atoms with E-state index in [1.165, 1.54) is 36.2 Å². The van der Waals surface area contributed by atoms with Crippen LogP contribution < -0.4 is 19.3 Å². The van der Waals surface area contributed by atoms with E-state index in [-0.39, 0.29) is 56.0 Å². The van der Waals surface area contributed by atoms with Crippen molar-refractivity contribution in [2.75, 3.05) is 24.0 Å². The Morgan fingerprint density at radius 3 is 1.46 bits per heavy atom. The summed E-state index contributed by atoms with van der Waals surface area (Å²) in [7, 11) is 2.87. The van der Waals surface area contributed by atoms with E-state index in [4.69, 9.17) is 42.7 Å². The molecule has 12 heteroatoms. The molecule has 0 fully saturated rings. The van der Waals surface area contributed by atoms with Gasteiger partial charge in [-0.05, 0) is 59.7 Å². The Kier molecular flexibility index (Phi) is 9.25. The number of halogens is 2. The average Bonchev–Trinajstić information content (AvgIpc) is 3.65. The van der Waals surface area contributed by atoms with Crippen molar-refractivity contribution in [3.63, 3.8) is 0 Å². The minimum absolute atomic E-state index is 0.0398. The van der Waals surface area contributed by atoms with E-state index >= 15 is 0 Å². The number of amides is 2. The summed E-state index contributed by atoms with van der Waals surface area (Å²) in [5.41, 5.74) is 3.14. The Bertz CT molecular complexity index is 2350. The molecule has 2 aliphatic rings. The topological polar surface area (TPSA) is 124 Å². The first-order valence-corrected chi connectivity index (χ1v) is 16.6. The van der Waals surface area contributed by atoms with Gasteiger partial charge in [-0.25, -0.2) is 9.98 Å². The molecule has 0 unspecified atom stereocenters. The lowest BCUT2D eigenvalue weighted by molar-refractivity contribution is -0.114. The van der Waals surface area contributed by atoms with Gasteiger partial charge in [-0.2, -0.15) is 0 Å². The summed E-state index contributed by atoms with van der Waals surface area (Å²) in [6.07, 6.45) is 3.17. The van der Waals surface area contributed by atoms with Crippen LogP contribution in [0.1, 0.15) is 22.3 Å². The maximum absolute atomic E-state index is 14.2. The summed E-state index contributed by atoms with van der Waals surface area (Å²) >= 11 is 14.0. The first kappa shape index (κ1) is 34.1. The molecular weight excluding hydrogens is 703 g/mol. The number of rotatable bonds is 8. The van der Waals surface area contributed by atoms with Gasteiger partial charge in [-0.1, -0.05) is 96.0 Å². The molecule has 7 rings (SSSR count).